The molecule has 1 saturated carbocycles. The van der Waals surface area contributed by atoms with Crippen molar-refractivity contribution in [1.82, 2.24) is 5.32 Å². The van der Waals surface area contributed by atoms with Gasteiger partial charge in [0.25, 0.3) is 0 Å². The molecule has 3 atom stereocenters. The molecular weight excluding hydrogens is 266 g/mol. The summed E-state index contributed by atoms with van der Waals surface area (Å²) in [6.07, 6.45) is 3.07. The number of carbonyl (C=O) groups excluding carboxylic acids is 1. The molecule has 1 aliphatic rings. The van der Waals surface area contributed by atoms with Gasteiger partial charge in [0.2, 0.25) is 5.91 Å². The molecular formula is C17H23NO3. The van der Waals surface area contributed by atoms with Gasteiger partial charge in [0, 0.05) is 12.5 Å². The third-order valence-electron chi connectivity index (χ3n) is 4.46. The number of carboxylic acids is 1. The average Bonchev–Trinajstić information content (AvgIpc) is 2.84. The Morgan fingerprint density at radius 2 is 1.95 bits per heavy atom. The first kappa shape index (κ1) is 15.5. The standard InChI is InChI=1S/C17H23NO3/c1-12-8-9-14(10-12)18-15(19)11-17(2,16(20)21)13-6-4-3-5-7-13/h3-7,12,14H,8-11H2,1-2H3,(H,18,19)(H,20,21). The van der Waals surface area contributed by atoms with Crippen LogP contribution in [0.15, 0.2) is 30.3 Å². The maximum atomic E-state index is 12.2. The first-order valence-electron chi connectivity index (χ1n) is 7.50. The van der Waals surface area contributed by atoms with Crippen LogP contribution >= 0.6 is 0 Å². The van der Waals surface area contributed by atoms with E-state index in [0.29, 0.717) is 11.5 Å². The maximum Gasteiger partial charge on any atom is 0.314 e. The predicted octanol–water partition coefficient (Wildman–Crippen LogP) is 2.72. The Labute approximate surface area is 125 Å². The van der Waals surface area contributed by atoms with Gasteiger partial charge in [0.15, 0.2) is 0 Å². The summed E-state index contributed by atoms with van der Waals surface area (Å²) in [4.78, 5) is 23.9. The summed E-state index contributed by atoms with van der Waals surface area (Å²) < 4.78 is 0. The highest BCUT2D eigenvalue weighted by molar-refractivity contribution is 5.89. The molecule has 0 aromatic heterocycles. The van der Waals surface area contributed by atoms with Crippen LogP contribution < -0.4 is 5.32 Å². The molecule has 1 amide bonds. The van der Waals surface area contributed by atoms with Crippen molar-refractivity contribution >= 4 is 11.9 Å². The number of carboxylic acid groups (broad SMARTS) is 1. The highest BCUT2D eigenvalue weighted by Crippen LogP contribution is 2.29. The third-order valence-corrected chi connectivity index (χ3v) is 4.46. The zero-order valence-electron chi connectivity index (χ0n) is 12.6. The number of benzene rings is 1. The van der Waals surface area contributed by atoms with Gasteiger partial charge in [0.1, 0.15) is 0 Å². The predicted molar refractivity (Wildman–Crippen MR) is 81.0 cm³/mol. The average molecular weight is 289 g/mol. The van der Waals surface area contributed by atoms with Crippen LogP contribution in [-0.4, -0.2) is 23.0 Å². The van der Waals surface area contributed by atoms with E-state index < -0.39 is 11.4 Å². The van der Waals surface area contributed by atoms with Gasteiger partial charge in [-0.25, -0.2) is 0 Å². The minimum Gasteiger partial charge on any atom is -0.481 e. The molecule has 0 aliphatic heterocycles. The molecule has 0 heterocycles. The lowest BCUT2D eigenvalue weighted by Gasteiger charge is -2.25. The van der Waals surface area contributed by atoms with E-state index in [9.17, 15) is 14.7 Å². The van der Waals surface area contributed by atoms with Crippen LogP contribution in [0, 0.1) is 5.92 Å². The number of rotatable bonds is 5. The summed E-state index contributed by atoms with van der Waals surface area (Å²) in [5.74, 6) is -0.512. The van der Waals surface area contributed by atoms with Gasteiger partial charge >= 0.3 is 5.97 Å². The molecule has 1 aliphatic carbocycles. The summed E-state index contributed by atoms with van der Waals surface area (Å²) in [5.41, 5.74) is -0.525. The van der Waals surface area contributed by atoms with E-state index >= 15 is 0 Å². The molecule has 1 aromatic carbocycles. The van der Waals surface area contributed by atoms with Crippen LogP contribution in [0.1, 0.15) is 45.1 Å². The van der Waals surface area contributed by atoms with Gasteiger partial charge in [0.05, 0.1) is 5.41 Å². The van der Waals surface area contributed by atoms with Crippen molar-refractivity contribution in [2.24, 2.45) is 5.92 Å². The first-order valence-corrected chi connectivity index (χ1v) is 7.50. The zero-order valence-corrected chi connectivity index (χ0v) is 12.6. The fourth-order valence-electron chi connectivity index (χ4n) is 3.05. The van der Waals surface area contributed by atoms with Crippen LogP contribution in [0.5, 0.6) is 0 Å². The van der Waals surface area contributed by atoms with Crippen molar-refractivity contribution < 1.29 is 14.7 Å². The zero-order chi connectivity index (χ0) is 15.5. The molecule has 3 unspecified atom stereocenters. The Bertz CT molecular complexity index is 514. The Morgan fingerprint density at radius 1 is 1.29 bits per heavy atom. The van der Waals surface area contributed by atoms with Crippen molar-refractivity contribution in [3.63, 3.8) is 0 Å². The third kappa shape index (κ3) is 3.63. The smallest absolute Gasteiger partial charge is 0.314 e. The monoisotopic (exact) mass is 289 g/mol. The molecule has 0 spiro atoms. The van der Waals surface area contributed by atoms with Gasteiger partial charge in [-0.3, -0.25) is 9.59 Å². The first-order chi connectivity index (χ1) is 9.91. The topological polar surface area (TPSA) is 66.4 Å². The molecule has 21 heavy (non-hydrogen) atoms. The second-order valence-electron chi connectivity index (χ2n) is 6.36. The molecule has 0 saturated heterocycles. The quantitative estimate of drug-likeness (QED) is 0.876. The number of aliphatic carboxylic acids is 1. The van der Waals surface area contributed by atoms with Crippen LogP contribution in [-0.2, 0) is 15.0 Å². The Balaban J connectivity index is 2.06. The molecule has 4 nitrogen and oxygen atoms in total. The SMILES string of the molecule is CC1CCC(NC(=O)CC(C)(C(=O)O)c2ccccc2)C1. The van der Waals surface area contributed by atoms with Crippen LogP contribution in [0.25, 0.3) is 0 Å². The van der Waals surface area contributed by atoms with Gasteiger partial charge in [-0.1, -0.05) is 37.3 Å². The fraction of sp³-hybridized carbons (Fsp3) is 0.529. The second kappa shape index (κ2) is 6.29. The van der Waals surface area contributed by atoms with E-state index in [2.05, 4.69) is 12.2 Å². The van der Waals surface area contributed by atoms with Crippen molar-refractivity contribution in [2.75, 3.05) is 0 Å². The normalized spacial score (nSPS) is 24.3. The summed E-state index contributed by atoms with van der Waals surface area (Å²) in [7, 11) is 0. The van der Waals surface area contributed by atoms with Crippen molar-refractivity contribution in [3.05, 3.63) is 35.9 Å². The number of hydrogen-bond acceptors (Lipinski definition) is 2. The van der Waals surface area contributed by atoms with E-state index in [4.69, 9.17) is 0 Å². The van der Waals surface area contributed by atoms with Gasteiger partial charge in [-0.2, -0.15) is 0 Å². The van der Waals surface area contributed by atoms with Crippen molar-refractivity contribution in [2.45, 2.75) is 51.0 Å². The second-order valence-corrected chi connectivity index (χ2v) is 6.36. The minimum atomic E-state index is -1.18. The highest BCUT2D eigenvalue weighted by atomic mass is 16.4. The van der Waals surface area contributed by atoms with E-state index in [0.717, 1.165) is 19.3 Å². The van der Waals surface area contributed by atoms with Gasteiger partial charge < -0.3 is 10.4 Å². The summed E-state index contributed by atoms with van der Waals surface area (Å²) in [6, 6.07) is 9.16. The molecule has 2 rings (SSSR count). The maximum absolute atomic E-state index is 12.2. The fourth-order valence-corrected chi connectivity index (χ4v) is 3.05. The number of hydrogen-bond donors (Lipinski definition) is 2. The lowest BCUT2D eigenvalue weighted by Crippen LogP contribution is -2.41. The van der Waals surface area contributed by atoms with E-state index in [1.807, 2.05) is 6.07 Å². The summed E-state index contributed by atoms with van der Waals surface area (Å²) in [6.45, 7) is 3.79. The van der Waals surface area contributed by atoms with E-state index in [1.54, 1.807) is 31.2 Å². The molecule has 1 fully saturated rings. The lowest BCUT2D eigenvalue weighted by atomic mass is 9.79. The lowest BCUT2D eigenvalue weighted by molar-refractivity contribution is -0.145. The van der Waals surface area contributed by atoms with Crippen molar-refractivity contribution in [3.8, 4) is 0 Å². The Morgan fingerprint density at radius 3 is 2.48 bits per heavy atom. The molecule has 1 aromatic rings. The van der Waals surface area contributed by atoms with E-state index in [-0.39, 0.29) is 18.4 Å². The molecule has 2 N–H and O–H groups in total. The van der Waals surface area contributed by atoms with Gasteiger partial charge in [-0.05, 0) is 37.7 Å². The van der Waals surface area contributed by atoms with Crippen LogP contribution in [0.3, 0.4) is 0 Å². The largest absolute Gasteiger partial charge is 0.481 e. The Kier molecular flexibility index (Phi) is 4.66. The summed E-state index contributed by atoms with van der Waals surface area (Å²) in [5, 5.41) is 12.5. The van der Waals surface area contributed by atoms with Gasteiger partial charge in [-0.15, -0.1) is 0 Å². The highest BCUT2D eigenvalue weighted by Gasteiger charge is 2.38. The number of carbonyl (C=O) groups is 2. The number of amides is 1. The minimum absolute atomic E-state index is 0.0305. The molecule has 4 heteroatoms. The molecule has 0 radical (unpaired) electrons. The molecule has 114 valence electrons. The summed E-state index contributed by atoms with van der Waals surface area (Å²) >= 11 is 0. The van der Waals surface area contributed by atoms with Crippen LogP contribution in [0.2, 0.25) is 0 Å². The van der Waals surface area contributed by atoms with Crippen molar-refractivity contribution in [1.29, 1.82) is 0 Å². The molecule has 0 bridgehead atoms. The van der Waals surface area contributed by atoms with E-state index in [1.165, 1.54) is 0 Å². The van der Waals surface area contributed by atoms with Crippen LogP contribution in [0.4, 0.5) is 0 Å². The number of nitrogens with one attached hydrogen (secondary N) is 1. The Hall–Kier alpha value is -1.84.